The lowest BCUT2D eigenvalue weighted by molar-refractivity contribution is -0.139. The molecule has 1 aromatic carbocycles. The molecule has 0 bridgehead atoms. The summed E-state index contributed by atoms with van der Waals surface area (Å²) in [5, 5.41) is 0. The molecular formula is C12H12BrNO3. The van der Waals surface area contributed by atoms with Gasteiger partial charge in [-0.15, -0.1) is 0 Å². The van der Waals surface area contributed by atoms with Crippen molar-refractivity contribution in [1.82, 2.24) is 4.90 Å². The van der Waals surface area contributed by atoms with Crippen LogP contribution in [0.3, 0.4) is 0 Å². The van der Waals surface area contributed by atoms with E-state index in [4.69, 9.17) is 4.74 Å². The minimum absolute atomic E-state index is 0.0954. The van der Waals surface area contributed by atoms with Crippen LogP contribution >= 0.6 is 15.9 Å². The van der Waals surface area contributed by atoms with E-state index in [2.05, 4.69) is 15.9 Å². The van der Waals surface area contributed by atoms with Crippen molar-refractivity contribution in [2.75, 3.05) is 7.11 Å². The van der Waals surface area contributed by atoms with Gasteiger partial charge in [-0.05, 0) is 33.6 Å². The van der Waals surface area contributed by atoms with E-state index in [1.807, 2.05) is 18.2 Å². The number of amides is 2. The SMILES string of the molecule is COc1ccc(CN2C(=O)CCC2=O)cc1Br. The summed E-state index contributed by atoms with van der Waals surface area (Å²) < 4.78 is 5.93. The number of imide groups is 1. The Labute approximate surface area is 108 Å². The molecule has 1 fully saturated rings. The summed E-state index contributed by atoms with van der Waals surface area (Å²) in [6, 6.07) is 5.52. The van der Waals surface area contributed by atoms with E-state index in [1.165, 1.54) is 4.90 Å². The van der Waals surface area contributed by atoms with Gasteiger partial charge in [0.15, 0.2) is 0 Å². The number of likely N-dealkylation sites (tertiary alicyclic amines) is 1. The Bertz CT molecular complexity index is 457. The second kappa shape index (κ2) is 4.87. The number of carbonyl (C=O) groups excluding carboxylic acids is 2. The molecule has 1 aliphatic rings. The summed E-state index contributed by atoms with van der Waals surface area (Å²) >= 11 is 3.37. The molecule has 0 aromatic heterocycles. The molecule has 0 N–H and O–H groups in total. The van der Waals surface area contributed by atoms with Gasteiger partial charge in [-0.1, -0.05) is 6.07 Å². The van der Waals surface area contributed by atoms with Gasteiger partial charge in [-0.2, -0.15) is 0 Å². The fourth-order valence-corrected chi connectivity index (χ4v) is 2.38. The minimum atomic E-state index is -0.0954. The van der Waals surface area contributed by atoms with Crippen LogP contribution in [0, 0.1) is 0 Å². The second-order valence-electron chi connectivity index (χ2n) is 3.84. The van der Waals surface area contributed by atoms with E-state index in [0.717, 1.165) is 15.8 Å². The van der Waals surface area contributed by atoms with E-state index in [-0.39, 0.29) is 11.8 Å². The summed E-state index contributed by atoms with van der Waals surface area (Å²) in [5.41, 5.74) is 0.904. The molecule has 0 saturated carbocycles. The number of methoxy groups -OCH3 is 1. The maximum absolute atomic E-state index is 11.5. The highest BCUT2D eigenvalue weighted by Crippen LogP contribution is 2.26. The zero-order valence-corrected chi connectivity index (χ0v) is 11.0. The maximum Gasteiger partial charge on any atom is 0.229 e. The molecule has 1 aromatic rings. The first kappa shape index (κ1) is 12.1. The number of halogens is 1. The van der Waals surface area contributed by atoms with Gasteiger partial charge in [-0.25, -0.2) is 0 Å². The van der Waals surface area contributed by atoms with Gasteiger partial charge >= 0.3 is 0 Å². The number of carbonyl (C=O) groups is 2. The van der Waals surface area contributed by atoms with Crippen LogP contribution in [0.15, 0.2) is 22.7 Å². The second-order valence-corrected chi connectivity index (χ2v) is 4.70. The Morgan fingerprint density at radius 1 is 1.29 bits per heavy atom. The van der Waals surface area contributed by atoms with Crippen LogP contribution in [0.4, 0.5) is 0 Å². The molecule has 1 saturated heterocycles. The van der Waals surface area contributed by atoms with Gasteiger partial charge in [0.1, 0.15) is 5.75 Å². The molecule has 0 aliphatic carbocycles. The normalized spacial score (nSPS) is 15.5. The molecule has 5 heteroatoms. The van der Waals surface area contributed by atoms with Crippen molar-refractivity contribution in [3.63, 3.8) is 0 Å². The highest BCUT2D eigenvalue weighted by Gasteiger charge is 2.28. The monoisotopic (exact) mass is 297 g/mol. The quantitative estimate of drug-likeness (QED) is 0.803. The molecule has 0 radical (unpaired) electrons. The molecular weight excluding hydrogens is 286 g/mol. The van der Waals surface area contributed by atoms with Crippen LogP contribution in [0.2, 0.25) is 0 Å². The Morgan fingerprint density at radius 3 is 2.47 bits per heavy atom. The topological polar surface area (TPSA) is 46.6 Å². The standard InChI is InChI=1S/C12H12BrNO3/c1-17-10-3-2-8(6-9(10)13)7-14-11(15)4-5-12(14)16/h2-3,6H,4-5,7H2,1H3. The fourth-order valence-electron chi connectivity index (χ4n) is 1.79. The number of ether oxygens (including phenoxy) is 1. The Kier molecular flexibility index (Phi) is 3.47. The third-order valence-corrected chi connectivity index (χ3v) is 3.33. The number of rotatable bonds is 3. The predicted molar refractivity (Wildman–Crippen MR) is 65.5 cm³/mol. The van der Waals surface area contributed by atoms with Crippen LogP contribution in [0.25, 0.3) is 0 Å². The zero-order valence-electron chi connectivity index (χ0n) is 9.40. The first-order valence-electron chi connectivity index (χ1n) is 5.27. The average molecular weight is 298 g/mol. The first-order chi connectivity index (χ1) is 8.11. The van der Waals surface area contributed by atoms with E-state index in [0.29, 0.717) is 19.4 Å². The molecule has 0 spiro atoms. The van der Waals surface area contributed by atoms with Crippen LogP contribution in [-0.4, -0.2) is 23.8 Å². The van der Waals surface area contributed by atoms with Gasteiger partial charge in [0.05, 0.1) is 18.1 Å². The number of hydrogen-bond acceptors (Lipinski definition) is 3. The van der Waals surface area contributed by atoms with Crippen LogP contribution in [0.5, 0.6) is 5.75 Å². The number of benzene rings is 1. The summed E-state index contributed by atoms with van der Waals surface area (Å²) in [5.74, 6) is 0.539. The van der Waals surface area contributed by atoms with Crippen molar-refractivity contribution in [2.45, 2.75) is 19.4 Å². The molecule has 17 heavy (non-hydrogen) atoms. The molecule has 2 rings (SSSR count). The summed E-state index contributed by atoms with van der Waals surface area (Å²) in [6.07, 6.45) is 0.659. The lowest BCUT2D eigenvalue weighted by Crippen LogP contribution is -2.28. The average Bonchev–Trinajstić information content (AvgIpc) is 2.61. The molecule has 1 heterocycles. The third kappa shape index (κ3) is 2.49. The fraction of sp³-hybridized carbons (Fsp3) is 0.333. The molecule has 1 aliphatic heterocycles. The highest BCUT2D eigenvalue weighted by molar-refractivity contribution is 9.10. The van der Waals surface area contributed by atoms with Crippen LogP contribution in [-0.2, 0) is 16.1 Å². The van der Waals surface area contributed by atoms with Crippen molar-refractivity contribution in [1.29, 1.82) is 0 Å². The van der Waals surface area contributed by atoms with E-state index in [1.54, 1.807) is 7.11 Å². The van der Waals surface area contributed by atoms with Crippen molar-refractivity contribution in [3.8, 4) is 5.75 Å². The maximum atomic E-state index is 11.5. The summed E-state index contributed by atoms with van der Waals surface area (Å²) in [6.45, 7) is 0.334. The molecule has 4 nitrogen and oxygen atoms in total. The third-order valence-electron chi connectivity index (χ3n) is 2.71. The van der Waals surface area contributed by atoms with Crippen LogP contribution < -0.4 is 4.74 Å². The first-order valence-corrected chi connectivity index (χ1v) is 6.06. The Balaban J connectivity index is 2.16. The summed E-state index contributed by atoms with van der Waals surface area (Å²) in [7, 11) is 1.59. The smallest absolute Gasteiger partial charge is 0.229 e. The van der Waals surface area contributed by atoms with Crippen molar-refractivity contribution in [2.24, 2.45) is 0 Å². The molecule has 0 unspecified atom stereocenters. The van der Waals surface area contributed by atoms with Crippen molar-refractivity contribution >= 4 is 27.7 Å². The lowest BCUT2D eigenvalue weighted by Gasteiger charge is -2.14. The summed E-state index contributed by atoms with van der Waals surface area (Å²) in [4.78, 5) is 24.2. The molecule has 2 amide bonds. The van der Waals surface area contributed by atoms with E-state index >= 15 is 0 Å². The molecule has 90 valence electrons. The Morgan fingerprint density at radius 2 is 1.94 bits per heavy atom. The van der Waals surface area contributed by atoms with E-state index in [9.17, 15) is 9.59 Å². The van der Waals surface area contributed by atoms with Gasteiger partial charge in [0, 0.05) is 12.8 Å². The van der Waals surface area contributed by atoms with Gasteiger partial charge in [0.25, 0.3) is 0 Å². The minimum Gasteiger partial charge on any atom is -0.496 e. The van der Waals surface area contributed by atoms with Gasteiger partial charge in [0.2, 0.25) is 11.8 Å². The number of nitrogens with zero attached hydrogens (tertiary/aromatic N) is 1. The highest BCUT2D eigenvalue weighted by atomic mass is 79.9. The van der Waals surface area contributed by atoms with Crippen molar-refractivity contribution < 1.29 is 14.3 Å². The predicted octanol–water partition coefficient (Wildman–Crippen LogP) is 2.11. The molecule has 0 atom stereocenters. The lowest BCUT2D eigenvalue weighted by atomic mass is 10.2. The van der Waals surface area contributed by atoms with Crippen molar-refractivity contribution in [3.05, 3.63) is 28.2 Å². The van der Waals surface area contributed by atoms with Gasteiger partial charge < -0.3 is 4.74 Å². The van der Waals surface area contributed by atoms with Gasteiger partial charge in [-0.3, -0.25) is 14.5 Å². The van der Waals surface area contributed by atoms with Crippen LogP contribution in [0.1, 0.15) is 18.4 Å². The van der Waals surface area contributed by atoms with E-state index < -0.39 is 0 Å². The number of hydrogen-bond donors (Lipinski definition) is 0. The Hall–Kier alpha value is -1.36. The largest absolute Gasteiger partial charge is 0.496 e. The zero-order chi connectivity index (χ0) is 12.4.